The summed E-state index contributed by atoms with van der Waals surface area (Å²) >= 11 is 0. The molecular weight excluding hydrogens is 254 g/mol. The topological polar surface area (TPSA) is 77.0 Å². The van der Waals surface area contributed by atoms with Crippen LogP contribution in [0.1, 0.15) is 13.3 Å². The van der Waals surface area contributed by atoms with Crippen LogP contribution in [0.25, 0.3) is 10.9 Å². The first-order valence-electron chi connectivity index (χ1n) is 6.95. The van der Waals surface area contributed by atoms with Gasteiger partial charge in [-0.1, -0.05) is 17.3 Å². The highest BCUT2D eigenvalue weighted by Crippen LogP contribution is 2.22. The van der Waals surface area contributed by atoms with E-state index < -0.39 is 0 Å². The third-order valence-electron chi connectivity index (χ3n) is 4.07. The molecular formula is C14H19N5O. The van der Waals surface area contributed by atoms with Crippen LogP contribution < -0.4 is 11.3 Å². The van der Waals surface area contributed by atoms with Gasteiger partial charge in [-0.05, 0) is 37.9 Å². The van der Waals surface area contributed by atoms with E-state index in [1.165, 1.54) is 4.68 Å². The van der Waals surface area contributed by atoms with Crippen LogP contribution in [0.5, 0.6) is 0 Å². The van der Waals surface area contributed by atoms with Crippen LogP contribution in [0.3, 0.4) is 0 Å². The van der Waals surface area contributed by atoms with Gasteiger partial charge in [0.05, 0.1) is 12.1 Å². The normalized spacial score (nSPS) is 23.5. The lowest BCUT2D eigenvalue weighted by atomic mass is 10.1. The summed E-state index contributed by atoms with van der Waals surface area (Å²) in [5.41, 5.74) is 6.29. The number of hydrogen-bond acceptors (Lipinski definition) is 5. The number of likely N-dealkylation sites (tertiary alicyclic amines) is 1. The molecule has 20 heavy (non-hydrogen) atoms. The van der Waals surface area contributed by atoms with Crippen LogP contribution in [0.2, 0.25) is 0 Å². The zero-order valence-corrected chi connectivity index (χ0v) is 11.6. The average Bonchev–Trinajstić information content (AvgIpc) is 2.83. The Balaban J connectivity index is 1.88. The second-order valence-corrected chi connectivity index (χ2v) is 5.51. The molecule has 1 aromatic heterocycles. The summed E-state index contributed by atoms with van der Waals surface area (Å²) in [6.07, 6.45) is 1.08. The predicted molar refractivity (Wildman–Crippen MR) is 77.1 cm³/mol. The number of nitrogens with zero attached hydrogens (tertiary/aromatic N) is 4. The molecule has 0 spiro atoms. The van der Waals surface area contributed by atoms with Crippen molar-refractivity contribution in [3.8, 4) is 0 Å². The molecule has 1 aliphatic rings. The minimum atomic E-state index is -0.0843. The fourth-order valence-corrected chi connectivity index (χ4v) is 2.87. The molecule has 0 saturated carbocycles. The quantitative estimate of drug-likeness (QED) is 0.877. The van der Waals surface area contributed by atoms with Crippen LogP contribution in [0, 0.1) is 5.92 Å². The lowest BCUT2D eigenvalue weighted by Crippen LogP contribution is -2.36. The molecule has 0 radical (unpaired) electrons. The molecule has 1 aromatic carbocycles. The van der Waals surface area contributed by atoms with Gasteiger partial charge in [0.25, 0.3) is 5.56 Å². The van der Waals surface area contributed by atoms with Crippen molar-refractivity contribution < 1.29 is 0 Å². The van der Waals surface area contributed by atoms with Gasteiger partial charge in [-0.25, -0.2) is 0 Å². The summed E-state index contributed by atoms with van der Waals surface area (Å²) in [7, 11) is 0. The van der Waals surface area contributed by atoms with Gasteiger partial charge in [0.15, 0.2) is 0 Å². The molecule has 0 aliphatic carbocycles. The Hall–Kier alpha value is -1.79. The molecule has 2 N–H and O–H groups in total. The standard InChI is InChI=1S/C14H19N5O/c1-10-6-11(7-15)8-18(10)9-19-14(20)12-4-2-3-5-13(12)16-17-19/h2-5,10-11H,6-9,15H2,1H3. The molecule has 0 bridgehead atoms. The number of benzene rings is 1. The molecule has 2 unspecified atom stereocenters. The zero-order chi connectivity index (χ0) is 14.1. The first kappa shape index (κ1) is 13.2. The van der Waals surface area contributed by atoms with Crippen LogP contribution in [-0.4, -0.2) is 39.0 Å². The molecule has 106 valence electrons. The number of rotatable bonds is 3. The molecule has 2 atom stereocenters. The minimum Gasteiger partial charge on any atom is -0.330 e. The number of nitrogens with two attached hydrogens (primary N) is 1. The Kier molecular flexibility index (Phi) is 3.50. The molecule has 1 aliphatic heterocycles. The maximum absolute atomic E-state index is 12.4. The largest absolute Gasteiger partial charge is 0.330 e. The van der Waals surface area contributed by atoms with Crippen molar-refractivity contribution in [2.75, 3.05) is 13.1 Å². The van der Waals surface area contributed by atoms with Gasteiger partial charge in [-0.15, -0.1) is 5.10 Å². The van der Waals surface area contributed by atoms with Gasteiger partial charge in [0.2, 0.25) is 0 Å². The van der Waals surface area contributed by atoms with E-state index in [1.807, 2.05) is 12.1 Å². The zero-order valence-electron chi connectivity index (χ0n) is 11.6. The second kappa shape index (κ2) is 5.30. The highest BCUT2D eigenvalue weighted by Gasteiger charge is 2.28. The third kappa shape index (κ3) is 2.32. The smallest absolute Gasteiger partial charge is 0.278 e. The highest BCUT2D eigenvalue weighted by atomic mass is 16.1. The average molecular weight is 273 g/mol. The summed E-state index contributed by atoms with van der Waals surface area (Å²) < 4.78 is 1.44. The number of aromatic nitrogens is 3. The molecule has 2 aromatic rings. The molecule has 1 saturated heterocycles. The summed E-state index contributed by atoms with van der Waals surface area (Å²) in [6, 6.07) is 7.72. The summed E-state index contributed by atoms with van der Waals surface area (Å²) in [5.74, 6) is 0.508. The minimum absolute atomic E-state index is 0.0843. The molecule has 3 rings (SSSR count). The Morgan fingerprint density at radius 2 is 2.20 bits per heavy atom. The molecule has 2 heterocycles. The predicted octanol–water partition coefficient (Wildman–Crippen LogP) is 0.418. The Morgan fingerprint density at radius 1 is 1.40 bits per heavy atom. The lowest BCUT2D eigenvalue weighted by molar-refractivity contribution is 0.190. The van der Waals surface area contributed by atoms with Crippen molar-refractivity contribution in [1.29, 1.82) is 0 Å². The van der Waals surface area contributed by atoms with Crippen molar-refractivity contribution in [3.63, 3.8) is 0 Å². The van der Waals surface area contributed by atoms with Crippen LogP contribution in [0.15, 0.2) is 29.1 Å². The fourth-order valence-electron chi connectivity index (χ4n) is 2.87. The lowest BCUT2D eigenvalue weighted by Gasteiger charge is -2.20. The molecule has 6 nitrogen and oxygen atoms in total. The second-order valence-electron chi connectivity index (χ2n) is 5.51. The van der Waals surface area contributed by atoms with Crippen molar-refractivity contribution >= 4 is 10.9 Å². The van der Waals surface area contributed by atoms with E-state index in [1.54, 1.807) is 12.1 Å². The Morgan fingerprint density at radius 3 is 2.95 bits per heavy atom. The first-order valence-corrected chi connectivity index (χ1v) is 6.95. The van der Waals surface area contributed by atoms with Crippen molar-refractivity contribution in [3.05, 3.63) is 34.6 Å². The van der Waals surface area contributed by atoms with E-state index in [0.29, 0.717) is 36.1 Å². The first-order chi connectivity index (χ1) is 9.69. The highest BCUT2D eigenvalue weighted by molar-refractivity contribution is 5.76. The summed E-state index contributed by atoms with van der Waals surface area (Å²) in [5, 5.41) is 8.76. The van der Waals surface area contributed by atoms with E-state index in [9.17, 15) is 4.79 Å². The Bertz CT molecular complexity index is 668. The number of hydrogen-bond donors (Lipinski definition) is 1. The maximum atomic E-state index is 12.4. The van der Waals surface area contributed by atoms with Crippen LogP contribution in [-0.2, 0) is 6.67 Å². The van der Waals surface area contributed by atoms with Gasteiger partial charge in [0.1, 0.15) is 5.52 Å². The monoisotopic (exact) mass is 273 g/mol. The number of fused-ring (bicyclic) bond motifs is 1. The van der Waals surface area contributed by atoms with Crippen molar-refractivity contribution in [1.82, 2.24) is 19.9 Å². The van der Waals surface area contributed by atoms with E-state index in [0.717, 1.165) is 13.0 Å². The van der Waals surface area contributed by atoms with E-state index in [4.69, 9.17) is 5.73 Å². The Labute approximate surface area is 117 Å². The van der Waals surface area contributed by atoms with E-state index >= 15 is 0 Å². The van der Waals surface area contributed by atoms with Gasteiger partial charge >= 0.3 is 0 Å². The SMILES string of the molecule is CC1CC(CN)CN1Cn1nnc2ccccc2c1=O. The summed E-state index contributed by atoms with van der Waals surface area (Å²) in [4.78, 5) is 14.6. The molecule has 1 fully saturated rings. The van der Waals surface area contributed by atoms with E-state index in [-0.39, 0.29) is 5.56 Å². The molecule has 6 heteroatoms. The fraction of sp³-hybridized carbons (Fsp3) is 0.500. The van der Waals surface area contributed by atoms with Crippen molar-refractivity contribution in [2.24, 2.45) is 11.7 Å². The summed E-state index contributed by atoms with van der Waals surface area (Å²) in [6.45, 7) is 4.25. The van der Waals surface area contributed by atoms with Gasteiger partial charge in [-0.2, -0.15) is 4.68 Å². The van der Waals surface area contributed by atoms with E-state index in [2.05, 4.69) is 22.1 Å². The third-order valence-corrected chi connectivity index (χ3v) is 4.07. The molecule has 0 amide bonds. The van der Waals surface area contributed by atoms with Crippen LogP contribution in [0.4, 0.5) is 0 Å². The maximum Gasteiger partial charge on any atom is 0.278 e. The van der Waals surface area contributed by atoms with Crippen LogP contribution >= 0.6 is 0 Å². The van der Waals surface area contributed by atoms with Gasteiger partial charge < -0.3 is 5.73 Å². The van der Waals surface area contributed by atoms with Gasteiger partial charge in [0, 0.05) is 12.6 Å². The van der Waals surface area contributed by atoms with Crippen molar-refractivity contribution in [2.45, 2.75) is 26.1 Å². The van der Waals surface area contributed by atoms with Gasteiger partial charge in [-0.3, -0.25) is 9.69 Å².